The third-order valence-corrected chi connectivity index (χ3v) is 5.83. The van der Waals surface area contributed by atoms with Crippen molar-refractivity contribution < 1.29 is 0 Å². The van der Waals surface area contributed by atoms with Gasteiger partial charge in [-0.15, -0.1) is 0 Å². The minimum atomic E-state index is -0.0181. The van der Waals surface area contributed by atoms with Gasteiger partial charge >= 0.3 is 0 Å². The van der Waals surface area contributed by atoms with Gasteiger partial charge in [-0.1, -0.05) is 12.1 Å². The van der Waals surface area contributed by atoms with E-state index in [1.807, 2.05) is 38.1 Å². The Labute approximate surface area is 163 Å². The summed E-state index contributed by atoms with van der Waals surface area (Å²) in [5.41, 5.74) is 2.27. The second kappa shape index (κ2) is 7.22. The van der Waals surface area contributed by atoms with E-state index in [1.54, 1.807) is 22.5 Å². The quantitative estimate of drug-likeness (QED) is 0.696. The molecule has 146 valence electrons. The zero-order valence-electron chi connectivity index (χ0n) is 16.6. The lowest BCUT2D eigenvalue weighted by Gasteiger charge is -2.33. The van der Waals surface area contributed by atoms with Crippen LogP contribution in [0.2, 0.25) is 0 Å². The van der Waals surface area contributed by atoms with Crippen LogP contribution in [0.4, 0.5) is 5.95 Å². The molecule has 1 aliphatic rings. The van der Waals surface area contributed by atoms with E-state index in [-0.39, 0.29) is 11.1 Å². The second-order valence-corrected chi connectivity index (χ2v) is 7.64. The third-order valence-electron chi connectivity index (χ3n) is 5.83. The third kappa shape index (κ3) is 3.21. The van der Waals surface area contributed by atoms with Crippen LogP contribution >= 0.6 is 0 Å². The monoisotopic (exact) mass is 379 g/mol. The number of hydrogen-bond donors (Lipinski definition) is 0. The van der Waals surface area contributed by atoms with E-state index in [9.17, 15) is 9.59 Å². The van der Waals surface area contributed by atoms with E-state index in [0.717, 1.165) is 42.7 Å². The summed E-state index contributed by atoms with van der Waals surface area (Å²) in [5.74, 6) is 1.13. The molecule has 0 N–H and O–H groups in total. The molecule has 2 aromatic heterocycles. The molecule has 28 heavy (non-hydrogen) atoms. The number of piperidine rings is 1. The molecule has 1 aromatic carbocycles. The summed E-state index contributed by atoms with van der Waals surface area (Å²) in [6.07, 6.45) is 3.55. The summed E-state index contributed by atoms with van der Waals surface area (Å²) < 4.78 is 3.37. The van der Waals surface area contributed by atoms with Gasteiger partial charge in [-0.05, 0) is 44.7 Å². The molecule has 0 radical (unpaired) electrons. The smallest absolute Gasteiger partial charge is 0.262 e. The molecule has 0 unspecified atom stereocenters. The average Bonchev–Trinajstić information content (AvgIpc) is 2.72. The highest BCUT2D eigenvalue weighted by molar-refractivity contribution is 5.78. The van der Waals surface area contributed by atoms with Gasteiger partial charge in [0.05, 0.1) is 17.2 Å². The Hall–Kier alpha value is -2.96. The Morgan fingerprint density at radius 2 is 1.79 bits per heavy atom. The van der Waals surface area contributed by atoms with Crippen molar-refractivity contribution in [1.29, 1.82) is 0 Å². The van der Waals surface area contributed by atoms with Crippen molar-refractivity contribution in [3.8, 4) is 0 Å². The molecule has 3 aromatic rings. The van der Waals surface area contributed by atoms with Gasteiger partial charge in [0.2, 0.25) is 5.95 Å². The number of para-hydroxylation sites is 1. The molecule has 3 heterocycles. The zero-order valence-corrected chi connectivity index (χ0v) is 16.6. The van der Waals surface area contributed by atoms with E-state index in [4.69, 9.17) is 4.98 Å². The second-order valence-electron chi connectivity index (χ2n) is 7.64. The molecule has 4 rings (SSSR count). The Balaban J connectivity index is 1.51. The van der Waals surface area contributed by atoms with Crippen molar-refractivity contribution in [2.24, 2.45) is 13.0 Å². The lowest BCUT2D eigenvalue weighted by atomic mass is 9.97. The lowest BCUT2D eigenvalue weighted by molar-refractivity contribution is 0.347. The van der Waals surface area contributed by atoms with E-state index in [2.05, 4.69) is 9.88 Å². The largest absolute Gasteiger partial charge is 0.342 e. The molecule has 7 nitrogen and oxygen atoms in total. The molecule has 0 aliphatic carbocycles. The highest BCUT2D eigenvalue weighted by Gasteiger charge is 2.23. The van der Waals surface area contributed by atoms with E-state index < -0.39 is 0 Å². The maximum atomic E-state index is 12.6. The molecule has 0 atom stereocenters. The molecular formula is C21H25N5O2. The van der Waals surface area contributed by atoms with Gasteiger partial charge < -0.3 is 4.90 Å². The van der Waals surface area contributed by atoms with Crippen LogP contribution in [0.3, 0.4) is 0 Å². The zero-order chi connectivity index (χ0) is 19.8. The standard InChI is InChI=1S/C21H25N5O2/c1-14-15(2)22-13-26(19(14)27)12-16-8-10-25(11-9-16)21-23-18-7-5-4-6-17(18)20(28)24(21)3/h4-7,13,16H,8-12H2,1-3H3. The average molecular weight is 379 g/mol. The Kier molecular flexibility index (Phi) is 4.75. The maximum absolute atomic E-state index is 12.6. The van der Waals surface area contributed by atoms with Gasteiger partial charge in [-0.25, -0.2) is 9.97 Å². The van der Waals surface area contributed by atoms with Crippen molar-refractivity contribution in [3.63, 3.8) is 0 Å². The molecule has 1 saturated heterocycles. The number of aryl methyl sites for hydroxylation is 1. The van der Waals surface area contributed by atoms with Crippen molar-refractivity contribution in [2.75, 3.05) is 18.0 Å². The molecule has 1 fully saturated rings. The number of rotatable bonds is 3. The predicted molar refractivity (Wildman–Crippen MR) is 110 cm³/mol. The van der Waals surface area contributed by atoms with Crippen molar-refractivity contribution in [1.82, 2.24) is 19.1 Å². The molecule has 7 heteroatoms. The molecule has 0 saturated carbocycles. The predicted octanol–water partition coefficient (Wildman–Crippen LogP) is 2.02. The number of benzene rings is 1. The summed E-state index contributed by atoms with van der Waals surface area (Å²) in [7, 11) is 1.78. The Morgan fingerprint density at radius 1 is 1.07 bits per heavy atom. The van der Waals surface area contributed by atoms with Gasteiger partial charge in [0, 0.05) is 37.9 Å². The van der Waals surface area contributed by atoms with Crippen molar-refractivity contribution in [3.05, 3.63) is 62.6 Å². The van der Waals surface area contributed by atoms with Gasteiger partial charge in [0.15, 0.2) is 0 Å². The minimum Gasteiger partial charge on any atom is -0.342 e. The van der Waals surface area contributed by atoms with Crippen LogP contribution in [0.15, 0.2) is 40.2 Å². The van der Waals surface area contributed by atoms with Crippen LogP contribution in [0.25, 0.3) is 10.9 Å². The molecule has 1 aliphatic heterocycles. The van der Waals surface area contributed by atoms with Gasteiger partial charge in [0.25, 0.3) is 11.1 Å². The first-order chi connectivity index (χ1) is 13.5. The van der Waals surface area contributed by atoms with Crippen molar-refractivity contribution >= 4 is 16.9 Å². The summed E-state index contributed by atoms with van der Waals surface area (Å²) in [6, 6.07) is 7.46. The summed E-state index contributed by atoms with van der Waals surface area (Å²) >= 11 is 0. The molecule has 0 amide bonds. The number of nitrogens with zero attached hydrogens (tertiary/aromatic N) is 5. The summed E-state index contributed by atoms with van der Waals surface area (Å²) in [4.78, 5) is 36.3. The number of hydrogen-bond acceptors (Lipinski definition) is 5. The number of anilines is 1. The van der Waals surface area contributed by atoms with E-state index in [1.165, 1.54) is 0 Å². The number of aromatic nitrogens is 4. The van der Waals surface area contributed by atoms with Crippen LogP contribution in [0.1, 0.15) is 24.1 Å². The van der Waals surface area contributed by atoms with Crippen LogP contribution in [-0.2, 0) is 13.6 Å². The van der Waals surface area contributed by atoms with Gasteiger partial charge in [-0.2, -0.15) is 0 Å². The number of fused-ring (bicyclic) bond motifs is 1. The molecule has 0 bridgehead atoms. The highest BCUT2D eigenvalue weighted by Crippen LogP contribution is 2.23. The van der Waals surface area contributed by atoms with E-state index in [0.29, 0.717) is 23.8 Å². The first-order valence-corrected chi connectivity index (χ1v) is 9.69. The van der Waals surface area contributed by atoms with Crippen LogP contribution in [0.5, 0.6) is 0 Å². The fourth-order valence-corrected chi connectivity index (χ4v) is 3.89. The van der Waals surface area contributed by atoms with E-state index >= 15 is 0 Å². The minimum absolute atomic E-state index is 0.0181. The molecular weight excluding hydrogens is 354 g/mol. The normalized spacial score (nSPS) is 15.3. The first kappa shape index (κ1) is 18.4. The fraction of sp³-hybridized carbons (Fsp3) is 0.429. The van der Waals surface area contributed by atoms with Crippen molar-refractivity contribution in [2.45, 2.75) is 33.2 Å². The van der Waals surface area contributed by atoms with Gasteiger partial charge in [-0.3, -0.25) is 18.7 Å². The Morgan fingerprint density at radius 3 is 2.54 bits per heavy atom. The summed E-state index contributed by atoms with van der Waals surface area (Å²) in [5, 5.41) is 0.644. The SMILES string of the molecule is Cc1ncn(CC2CCN(c3nc4ccccc4c(=O)n3C)CC2)c(=O)c1C. The highest BCUT2D eigenvalue weighted by atomic mass is 16.1. The molecule has 0 spiro atoms. The van der Waals surface area contributed by atoms with Crippen LogP contribution in [0, 0.1) is 19.8 Å². The first-order valence-electron chi connectivity index (χ1n) is 9.69. The topological polar surface area (TPSA) is 73.0 Å². The lowest BCUT2D eigenvalue weighted by Crippen LogP contribution is -2.39. The Bertz CT molecular complexity index is 1140. The maximum Gasteiger partial charge on any atom is 0.262 e. The summed E-state index contributed by atoms with van der Waals surface area (Å²) in [6.45, 7) is 6.01. The fourth-order valence-electron chi connectivity index (χ4n) is 3.89. The van der Waals surface area contributed by atoms with Crippen LogP contribution < -0.4 is 16.0 Å². The van der Waals surface area contributed by atoms with Crippen LogP contribution in [-0.4, -0.2) is 32.2 Å². The van der Waals surface area contributed by atoms with Gasteiger partial charge in [0.1, 0.15) is 0 Å².